The lowest BCUT2D eigenvalue weighted by molar-refractivity contribution is -0.383. The molecule has 0 radical (unpaired) electrons. The van der Waals surface area contributed by atoms with Crippen LogP contribution in [0.15, 0.2) is 48.8 Å². The summed E-state index contributed by atoms with van der Waals surface area (Å²) in [5.74, 6) is -0.0703. The molecule has 9 nitrogen and oxygen atoms in total. The van der Waals surface area contributed by atoms with E-state index in [1.807, 2.05) is 45.9 Å². The van der Waals surface area contributed by atoms with E-state index in [1.165, 1.54) is 6.33 Å². The number of hydrogen-bond acceptors (Lipinski definition) is 8. The van der Waals surface area contributed by atoms with Crippen molar-refractivity contribution in [3.8, 4) is 0 Å². The van der Waals surface area contributed by atoms with Gasteiger partial charge in [-0.1, -0.05) is 19.9 Å². The predicted octanol–water partition coefficient (Wildman–Crippen LogP) is 5.30. The summed E-state index contributed by atoms with van der Waals surface area (Å²) >= 11 is 0. The topological polar surface area (TPSA) is 119 Å². The number of carbonyl (C=O) groups excluding carboxylic acids is 1. The Morgan fingerprint density at radius 1 is 1.00 bits per heavy atom. The molecule has 1 aromatic heterocycles. The molecule has 0 amide bonds. The van der Waals surface area contributed by atoms with Crippen LogP contribution >= 0.6 is 0 Å². The van der Waals surface area contributed by atoms with E-state index in [1.54, 1.807) is 24.3 Å². The lowest BCUT2D eigenvalue weighted by atomic mass is 10.1. The molecule has 166 valence electrons. The number of anilines is 4. The summed E-state index contributed by atoms with van der Waals surface area (Å²) in [6, 6.07) is 12.1. The van der Waals surface area contributed by atoms with E-state index in [0.717, 1.165) is 11.1 Å². The fourth-order valence-corrected chi connectivity index (χ4v) is 2.84. The van der Waals surface area contributed by atoms with Gasteiger partial charge in [0.05, 0.1) is 17.1 Å². The Hall–Kier alpha value is -4.01. The normalized spacial score (nSPS) is 10.7. The Bertz CT molecular complexity index is 1130. The quantitative estimate of drug-likeness (QED) is 0.278. The van der Waals surface area contributed by atoms with Crippen molar-refractivity contribution in [2.45, 2.75) is 27.7 Å². The Balaban J connectivity index is 1.82. The summed E-state index contributed by atoms with van der Waals surface area (Å²) in [4.78, 5) is 31.4. The number of nitro groups is 1. The number of hydrogen-bond donors (Lipinski definition) is 2. The minimum Gasteiger partial charge on any atom is -0.462 e. The molecule has 0 atom stereocenters. The molecule has 1 heterocycles. The van der Waals surface area contributed by atoms with Crippen LogP contribution in [0, 0.1) is 29.9 Å². The first-order valence-corrected chi connectivity index (χ1v) is 10.1. The van der Waals surface area contributed by atoms with Gasteiger partial charge in [-0.15, -0.1) is 0 Å². The number of aryl methyl sites for hydroxylation is 2. The molecule has 0 unspecified atom stereocenters. The number of nitrogens with zero attached hydrogens (tertiary/aromatic N) is 3. The fraction of sp³-hybridized carbons (Fsp3) is 0.261. The van der Waals surface area contributed by atoms with Crippen LogP contribution in [0.1, 0.15) is 35.3 Å². The largest absolute Gasteiger partial charge is 0.462 e. The van der Waals surface area contributed by atoms with Crippen LogP contribution in [0.5, 0.6) is 0 Å². The third-order valence-electron chi connectivity index (χ3n) is 4.71. The maximum absolute atomic E-state index is 12.1. The molecule has 0 aliphatic carbocycles. The van der Waals surface area contributed by atoms with Gasteiger partial charge in [-0.05, 0) is 67.3 Å². The van der Waals surface area contributed by atoms with Crippen molar-refractivity contribution in [1.29, 1.82) is 0 Å². The first kappa shape index (κ1) is 22.7. The molecule has 0 aliphatic heterocycles. The SMILES string of the molecule is Cc1ccc(Nc2ncnc(Nc3ccc(C(=O)OCC(C)C)cc3)c2[N+](=O)[O-])cc1C. The molecule has 3 aromatic rings. The number of carbonyl (C=O) groups is 1. The number of aromatic nitrogens is 2. The third kappa shape index (κ3) is 5.57. The number of nitrogens with one attached hydrogen (secondary N) is 2. The average molecular weight is 435 g/mol. The van der Waals surface area contributed by atoms with Crippen molar-refractivity contribution in [3.05, 3.63) is 75.6 Å². The highest BCUT2D eigenvalue weighted by Crippen LogP contribution is 2.33. The van der Waals surface area contributed by atoms with E-state index in [-0.39, 0.29) is 23.2 Å². The Morgan fingerprint density at radius 3 is 2.16 bits per heavy atom. The molecular weight excluding hydrogens is 410 g/mol. The maximum atomic E-state index is 12.1. The second kappa shape index (κ2) is 9.86. The number of ether oxygens (including phenoxy) is 1. The van der Waals surface area contributed by atoms with Gasteiger partial charge in [0.15, 0.2) is 0 Å². The van der Waals surface area contributed by atoms with Gasteiger partial charge in [0.2, 0.25) is 11.6 Å². The first-order valence-electron chi connectivity index (χ1n) is 10.1. The van der Waals surface area contributed by atoms with Crippen LogP contribution in [-0.4, -0.2) is 27.5 Å². The van der Waals surface area contributed by atoms with Gasteiger partial charge in [0, 0.05) is 11.4 Å². The molecule has 3 rings (SSSR count). The highest BCUT2D eigenvalue weighted by molar-refractivity contribution is 5.90. The lowest BCUT2D eigenvalue weighted by Crippen LogP contribution is -2.10. The maximum Gasteiger partial charge on any atom is 0.353 e. The first-order chi connectivity index (χ1) is 15.2. The van der Waals surface area contributed by atoms with Crippen LogP contribution < -0.4 is 10.6 Å². The van der Waals surface area contributed by atoms with Crippen molar-refractivity contribution in [2.75, 3.05) is 17.2 Å². The van der Waals surface area contributed by atoms with Crippen LogP contribution in [0.2, 0.25) is 0 Å². The molecule has 9 heteroatoms. The van der Waals surface area contributed by atoms with E-state index >= 15 is 0 Å². The van der Waals surface area contributed by atoms with E-state index in [4.69, 9.17) is 4.74 Å². The van der Waals surface area contributed by atoms with Crippen molar-refractivity contribution in [1.82, 2.24) is 9.97 Å². The smallest absolute Gasteiger partial charge is 0.353 e. The monoisotopic (exact) mass is 435 g/mol. The summed E-state index contributed by atoms with van der Waals surface area (Å²) in [5.41, 5.74) is 3.50. The van der Waals surface area contributed by atoms with Gasteiger partial charge in [-0.2, -0.15) is 0 Å². The minimum absolute atomic E-state index is 0.0338. The molecule has 0 saturated carbocycles. The Morgan fingerprint density at radius 2 is 1.59 bits per heavy atom. The van der Waals surface area contributed by atoms with Gasteiger partial charge in [0.1, 0.15) is 6.33 Å². The molecule has 0 spiro atoms. The fourth-order valence-electron chi connectivity index (χ4n) is 2.84. The van der Waals surface area contributed by atoms with Crippen molar-refractivity contribution in [3.63, 3.8) is 0 Å². The zero-order valence-corrected chi connectivity index (χ0v) is 18.4. The molecular formula is C23H25N5O4. The highest BCUT2D eigenvalue weighted by Gasteiger charge is 2.23. The molecule has 32 heavy (non-hydrogen) atoms. The number of rotatable bonds is 8. The predicted molar refractivity (Wildman–Crippen MR) is 123 cm³/mol. The minimum atomic E-state index is -0.538. The van der Waals surface area contributed by atoms with Crippen LogP contribution in [0.4, 0.5) is 28.7 Å². The number of esters is 1. The van der Waals surface area contributed by atoms with Crippen LogP contribution in [-0.2, 0) is 4.74 Å². The second-order valence-corrected chi connectivity index (χ2v) is 7.80. The van der Waals surface area contributed by atoms with Crippen molar-refractivity contribution in [2.24, 2.45) is 5.92 Å². The zero-order chi connectivity index (χ0) is 23.3. The molecule has 0 aliphatic rings. The number of benzene rings is 2. The summed E-state index contributed by atoms with van der Waals surface area (Å²) in [6.07, 6.45) is 1.25. The van der Waals surface area contributed by atoms with Gasteiger partial charge < -0.3 is 15.4 Å². The Labute approximate surface area is 186 Å². The van der Waals surface area contributed by atoms with Crippen molar-refractivity contribution >= 4 is 34.7 Å². The van der Waals surface area contributed by atoms with Crippen molar-refractivity contribution < 1.29 is 14.5 Å². The standard InChI is InChI=1S/C23H25N5O4/c1-14(2)12-32-23(29)17-6-9-18(10-7-17)26-21-20(28(30)31)22(25-13-24-21)27-19-8-5-15(3)16(4)11-19/h5-11,13-14H,12H2,1-4H3,(H2,24,25,26,27). The average Bonchev–Trinajstić information content (AvgIpc) is 2.75. The molecule has 2 N–H and O–H groups in total. The van der Waals surface area contributed by atoms with E-state index in [2.05, 4.69) is 20.6 Å². The molecule has 0 fully saturated rings. The molecule has 0 bridgehead atoms. The van der Waals surface area contributed by atoms with Crippen LogP contribution in [0.3, 0.4) is 0 Å². The zero-order valence-electron chi connectivity index (χ0n) is 18.4. The molecule has 2 aromatic carbocycles. The van der Waals surface area contributed by atoms with Gasteiger partial charge >= 0.3 is 11.7 Å². The van der Waals surface area contributed by atoms with Gasteiger partial charge in [0.25, 0.3) is 0 Å². The summed E-state index contributed by atoms with van der Waals surface area (Å²) in [7, 11) is 0. The summed E-state index contributed by atoms with van der Waals surface area (Å²) in [5, 5.41) is 17.7. The second-order valence-electron chi connectivity index (χ2n) is 7.80. The Kier molecular flexibility index (Phi) is 6.99. The van der Waals surface area contributed by atoms with E-state index < -0.39 is 10.9 Å². The third-order valence-corrected chi connectivity index (χ3v) is 4.71. The van der Waals surface area contributed by atoms with E-state index in [0.29, 0.717) is 23.5 Å². The van der Waals surface area contributed by atoms with Gasteiger partial charge in [-0.25, -0.2) is 14.8 Å². The summed E-state index contributed by atoms with van der Waals surface area (Å²) in [6.45, 7) is 8.20. The highest BCUT2D eigenvalue weighted by atomic mass is 16.6. The van der Waals surface area contributed by atoms with Crippen LogP contribution in [0.25, 0.3) is 0 Å². The van der Waals surface area contributed by atoms with E-state index in [9.17, 15) is 14.9 Å². The van der Waals surface area contributed by atoms with Gasteiger partial charge in [-0.3, -0.25) is 10.1 Å². The lowest BCUT2D eigenvalue weighted by Gasteiger charge is -2.11. The molecule has 0 saturated heterocycles. The summed E-state index contributed by atoms with van der Waals surface area (Å²) < 4.78 is 5.21.